The number of aliphatic hydroxyl groups is 1. The lowest BCUT2D eigenvalue weighted by molar-refractivity contribution is -0.132. The van der Waals surface area contributed by atoms with Crippen LogP contribution in [0.15, 0.2) is 23.8 Å². The first-order valence-corrected chi connectivity index (χ1v) is 3.15. The SMILES string of the molecule is NC1(O)C=CC(C(=O)O)=CC1. The lowest BCUT2D eigenvalue weighted by atomic mass is 10.0. The van der Waals surface area contributed by atoms with Gasteiger partial charge in [-0.3, -0.25) is 0 Å². The van der Waals surface area contributed by atoms with Gasteiger partial charge < -0.3 is 15.9 Å². The minimum absolute atomic E-state index is 0.144. The van der Waals surface area contributed by atoms with Gasteiger partial charge in [0.2, 0.25) is 0 Å². The second kappa shape index (κ2) is 2.48. The van der Waals surface area contributed by atoms with Crippen molar-refractivity contribution in [2.24, 2.45) is 5.73 Å². The Balaban J connectivity index is 2.75. The summed E-state index contributed by atoms with van der Waals surface area (Å²) in [5, 5.41) is 17.6. The first kappa shape index (κ1) is 7.97. The van der Waals surface area contributed by atoms with Crippen LogP contribution in [0.2, 0.25) is 0 Å². The van der Waals surface area contributed by atoms with Crippen LogP contribution in [0.1, 0.15) is 6.42 Å². The van der Waals surface area contributed by atoms with Crippen molar-refractivity contribution in [1.29, 1.82) is 0 Å². The normalized spacial score (nSPS) is 29.8. The number of rotatable bonds is 1. The summed E-state index contributed by atoms with van der Waals surface area (Å²) in [7, 11) is 0. The van der Waals surface area contributed by atoms with Gasteiger partial charge in [-0.15, -0.1) is 0 Å². The summed E-state index contributed by atoms with van der Waals surface area (Å²) < 4.78 is 0. The number of carboxylic acids is 1. The van der Waals surface area contributed by atoms with Gasteiger partial charge in [-0.2, -0.15) is 0 Å². The molecule has 0 radical (unpaired) electrons. The molecule has 0 aromatic rings. The van der Waals surface area contributed by atoms with Crippen molar-refractivity contribution in [2.45, 2.75) is 12.1 Å². The van der Waals surface area contributed by atoms with Gasteiger partial charge >= 0.3 is 5.97 Å². The smallest absolute Gasteiger partial charge is 0.335 e. The van der Waals surface area contributed by atoms with E-state index >= 15 is 0 Å². The van der Waals surface area contributed by atoms with E-state index in [0.29, 0.717) is 0 Å². The predicted molar refractivity (Wildman–Crippen MR) is 38.6 cm³/mol. The molecule has 1 aliphatic carbocycles. The Morgan fingerprint density at radius 1 is 1.73 bits per heavy atom. The number of hydrogen-bond acceptors (Lipinski definition) is 3. The third kappa shape index (κ3) is 1.89. The van der Waals surface area contributed by atoms with Crippen LogP contribution in [0.3, 0.4) is 0 Å². The molecule has 0 amide bonds. The van der Waals surface area contributed by atoms with Crippen molar-refractivity contribution in [3.05, 3.63) is 23.8 Å². The minimum atomic E-state index is -1.38. The third-order valence-electron chi connectivity index (χ3n) is 1.45. The average molecular weight is 155 g/mol. The molecule has 1 atom stereocenters. The van der Waals surface area contributed by atoms with Crippen LogP contribution in [-0.4, -0.2) is 21.9 Å². The third-order valence-corrected chi connectivity index (χ3v) is 1.45. The van der Waals surface area contributed by atoms with Crippen LogP contribution in [-0.2, 0) is 4.79 Å². The molecule has 4 heteroatoms. The van der Waals surface area contributed by atoms with E-state index in [4.69, 9.17) is 15.9 Å². The molecule has 0 spiro atoms. The van der Waals surface area contributed by atoms with Crippen LogP contribution in [0.25, 0.3) is 0 Å². The first-order valence-electron chi connectivity index (χ1n) is 3.15. The highest BCUT2D eigenvalue weighted by molar-refractivity contribution is 5.90. The Morgan fingerprint density at radius 3 is 2.73 bits per heavy atom. The molecule has 1 unspecified atom stereocenters. The minimum Gasteiger partial charge on any atom is -0.478 e. The van der Waals surface area contributed by atoms with Gasteiger partial charge in [0.1, 0.15) is 5.72 Å². The predicted octanol–water partition coefficient (Wildman–Crippen LogP) is -0.395. The van der Waals surface area contributed by atoms with E-state index in [1.54, 1.807) is 0 Å². The zero-order chi connectivity index (χ0) is 8.48. The van der Waals surface area contributed by atoms with E-state index in [1.807, 2.05) is 0 Å². The van der Waals surface area contributed by atoms with E-state index in [0.717, 1.165) is 0 Å². The van der Waals surface area contributed by atoms with Gasteiger partial charge in [0, 0.05) is 6.42 Å². The van der Waals surface area contributed by atoms with E-state index in [1.165, 1.54) is 18.2 Å². The molecule has 0 aromatic heterocycles. The van der Waals surface area contributed by atoms with Gasteiger partial charge in [0.25, 0.3) is 0 Å². The van der Waals surface area contributed by atoms with Crippen molar-refractivity contribution in [2.75, 3.05) is 0 Å². The van der Waals surface area contributed by atoms with Gasteiger partial charge in [-0.25, -0.2) is 4.79 Å². The zero-order valence-electron chi connectivity index (χ0n) is 5.82. The zero-order valence-corrected chi connectivity index (χ0v) is 5.82. The van der Waals surface area contributed by atoms with Crippen LogP contribution < -0.4 is 5.73 Å². The molecule has 1 aliphatic rings. The number of carbonyl (C=O) groups is 1. The fourth-order valence-corrected chi connectivity index (χ4v) is 0.802. The van der Waals surface area contributed by atoms with Crippen molar-refractivity contribution in [3.8, 4) is 0 Å². The van der Waals surface area contributed by atoms with Crippen molar-refractivity contribution < 1.29 is 15.0 Å². The van der Waals surface area contributed by atoms with E-state index < -0.39 is 11.7 Å². The highest BCUT2D eigenvalue weighted by atomic mass is 16.4. The second-order valence-corrected chi connectivity index (χ2v) is 2.49. The maximum Gasteiger partial charge on any atom is 0.335 e. The summed E-state index contributed by atoms with van der Waals surface area (Å²) in [6.07, 6.45) is 4.11. The summed E-state index contributed by atoms with van der Waals surface area (Å²) >= 11 is 0. The molecule has 60 valence electrons. The Kier molecular flexibility index (Phi) is 1.80. The Labute approximate surface area is 63.6 Å². The summed E-state index contributed by atoms with van der Waals surface area (Å²) in [5.41, 5.74) is 4.06. The molecule has 11 heavy (non-hydrogen) atoms. The highest BCUT2D eigenvalue weighted by Crippen LogP contribution is 2.15. The molecule has 4 nitrogen and oxygen atoms in total. The van der Waals surface area contributed by atoms with Crippen molar-refractivity contribution in [1.82, 2.24) is 0 Å². The number of aliphatic carboxylic acids is 1. The lowest BCUT2D eigenvalue weighted by Gasteiger charge is -2.19. The van der Waals surface area contributed by atoms with Crippen molar-refractivity contribution in [3.63, 3.8) is 0 Å². The number of hydrogen-bond donors (Lipinski definition) is 3. The maximum absolute atomic E-state index is 10.3. The average Bonchev–Trinajstić information content (AvgIpc) is 1.86. The van der Waals surface area contributed by atoms with Gasteiger partial charge in [0.05, 0.1) is 5.57 Å². The molecule has 0 saturated carbocycles. The lowest BCUT2D eigenvalue weighted by Crippen LogP contribution is -2.37. The number of carboxylic acid groups (broad SMARTS) is 1. The topological polar surface area (TPSA) is 83.5 Å². The molecule has 0 bridgehead atoms. The maximum atomic E-state index is 10.3. The standard InChI is InChI=1S/C7H9NO3/c8-7(11)3-1-5(2-4-7)6(9)10/h1-3,11H,4,8H2,(H,9,10). The quantitative estimate of drug-likeness (QED) is 0.450. The van der Waals surface area contributed by atoms with E-state index in [-0.39, 0.29) is 12.0 Å². The molecule has 0 heterocycles. The summed E-state index contributed by atoms with van der Waals surface area (Å²) in [4.78, 5) is 10.3. The van der Waals surface area contributed by atoms with Gasteiger partial charge in [-0.1, -0.05) is 6.08 Å². The number of nitrogens with two attached hydrogens (primary N) is 1. The fraction of sp³-hybridized carbons (Fsp3) is 0.286. The first-order chi connectivity index (χ1) is 5.01. The highest BCUT2D eigenvalue weighted by Gasteiger charge is 2.20. The van der Waals surface area contributed by atoms with Crippen molar-refractivity contribution >= 4 is 5.97 Å². The monoisotopic (exact) mass is 155 g/mol. The van der Waals surface area contributed by atoms with Gasteiger partial charge in [-0.05, 0) is 12.2 Å². The van der Waals surface area contributed by atoms with Gasteiger partial charge in [0.15, 0.2) is 0 Å². The molecular weight excluding hydrogens is 146 g/mol. The van der Waals surface area contributed by atoms with Crippen LogP contribution in [0.4, 0.5) is 0 Å². The summed E-state index contributed by atoms with van der Waals surface area (Å²) in [6.45, 7) is 0. The van der Waals surface area contributed by atoms with E-state index in [9.17, 15) is 4.79 Å². The Hall–Kier alpha value is -1.13. The largest absolute Gasteiger partial charge is 0.478 e. The molecule has 0 aliphatic heterocycles. The molecular formula is C7H9NO3. The summed E-state index contributed by atoms with van der Waals surface area (Å²) in [5.74, 6) is -1.00. The molecule has 0 fully saturated rings. The molecule has 4 N–H and O–H groups in total. The molecule has 0 saturated heterocycles. The second-order valence-electron chi connectivity index (χ2n) is 2.49. The summed E-state index contributed by atoms with van der Waals surface area (Å²) in [6, 6.07) is 0. The Bertz CT molecular complexity index is 240. The van der Waals surface area contributed by atoms with Crippen LogP contribution >= 0.6 is 0 Å². The molecule has 1 rings (SSSR count). The van der Waals surface area contributed by atoms with Crippen LogP contribution in [0, 0.1) is 0 Å². The Morgan fingerprint density at radius 2 is 2.36 bits per heavy atom. The van der Waals surface area contributed by atoms with Crippen LogP contribution in [0.5, 0.6) is 0 Å². The fourth-order valence-electron chi connectivity index (χ4n) is 0.802. The van der Waals surface area contributed by atoms with E-state index in [2.05, 4.69) is 0 Å². The molecule has 0 aromatic carbocycles.